The van der Waals surface area contributed by atoms with E-state index < -0.39 is 5.41 Å². The van der Waals surface area contributed by atoms with E-state index in [1.54, 1.807) is 0 Å². The lowest BCUT2D eigenvalue weighted by molar-refractivity contribution is -0.151. The summed E-state index contributed by atoms with van der Waals surface area (Å²) < 4.78 is 5.68. The van der Waals surface area contributed by atoms with Gasteiger partial charge in [0.15, 0.2) is 0 Å². The molecule has 0 radical (unpaired) electrons. The smallest absolute Gasteiger partial charge is 0.316 e. The number of piperidine rings is 1. The molecule has 0 bridgehead atoms. The molecule has 4 nitrogen and oxygen atoms in total. The number of hydrogen-bond acceptors (Lipinski definition) is 4. The van der Waals surface area contributed by atoms with Gasteiger partial charge in [-0.2, -0.15) is 0 Å². The fraction of sp³-hybridized carbons (Fsp3) is 0.350. The van der Waals surface area contributed by atoms with Crippen molar-refractivity contribution in [3.8, 4) is 0 Å². The fourth-order valence-electron chi connectivity index (χ4n) is 3.31. The SMILES string of the molecule is Nc1ccc(CCOC(=O)C2(c3ccccc3)CCNCC2)cc1. The topological polar surface area (TPSA) is 64.3 Å². The average molecular weight is 324 g/mol. The fourth-order valence-corrected chi connectivity index (χ4v) is 3.31. The van der Waals surface area contributed by atoms with E-state index in [9.17, 15) is 4.79 Å². The lowest BCUT2D eigenvalue weighted by Crippen LogP contribution is -2.46. The molecule has 126 valence electrons. The van der Waals surface area contributed by atoms with Crippen LogP contribution >= 0.6 is 0 Å². The highest BCUT2D eigenvalue weighted by Crippen LogP contribution is 2.34. The third-order valence-electron chi connectivity index (χ3n) is 4.78. The van der Waals surface area contributed by atoms with Gasteiger partial charge in [-0.3, -0.25) is 4.79 Å². The molecule has 1 aliphatic rings. The summed E-state index contributed by atoms with van der Waals surface area (Å²) in [6.45, 7) is 2.06. The Labute approximate surface area is 143 Å². The Balaban J connectivity index is 1.67. The number of nitrogen functional groups attached to an aromatic ring is 1. The Morgan fingerprint density at radius 3 is 2.38 bits per heavy atom. The van der Waals surface area contributed by atoms with Gasteiger partial charge < -0.3 is 15.8 Å². The highest BCUT2D eigenvalue weighted by Gasteiger charge is 2.42. The van der Waals surface area contributed by atoms with Crippen LogP contribution in [0.3, 0.4) is 0 Å². The predicted octanol–water partition coefficient (Wildman–Crippen LogP) is 2.68. The minimum Gasteiger partial charge on any atom is -0.465 e. The zero-order valence-corrected chi connectivity index (χ0v) is 13.8. The van der Waals surface area contributed by atoms with E-state index in [4.69, 9.17) is 10.5 Å². The molecule has 3 rings (SSSR count). The van der Waals surface area contributed by atoms with Crippen LogP contribution in [0.1, 0.15) is 24.0 Å². The second-order valence-electron chi connectivity index (χ2n) is 6.33. The predicted molar refractivity (Wildman–Crippen MR) is 95.7 cm³/mol. The highest BCUT2D eigenvalue weighted by atomic mass is 16.5. The maximum absolute atomic E-state index is 12.9. The van der Waals surface area contributed by atoms with Gasteiger partial charge in [-0.15, -0.1) is 0 Å². The maximum atomic E-state index is 12.9. The number of benzene rings is 2. The van der Waals surface area contributed by atoms with Gasteiger partial charge in [0, 0.05) is 12.1 Å². The van der Waals surface area contributed by atoms with Crippen molar-refractivity contribution in [3.05, 3.63) is 65.7 Å². The molecule has 0 atom stereocenters. The standard InChI is InChI=1S/C20H24N2O2/c21-18-8-6-16(7-9-18)10-15-24-19(23)20(11-13-22-14-12-20)17-4-2-1-3-5-17/h1-9,22H,10-15,21H2. The number of anilines is 1. The highest BCUT2D eigenvalue weighted by molar-refractivity contribution is 5.83. The zero-order chi connectivity index (χ0) is 16.8. The van der Waals surface area contributed by atoms with Crippen molar-refractivity contribution in [2.75, 3.05) is 25.4 Å². The van der Waals surface area contributed by atoms with E-state index in [2.05, 4.69) is 5.32 Å². The second-order valence-corrected chi connectivity index (χ2v) is 6.33. The lowest BCUT2D eigenvalue weighted by Gasteiger charge is -2.35. The Kier molecular flexibility index (Phi) is 5.16. The lowest BCUT2D eigenvalue weighted by atomic mass is 9.73. The van der Waals surface area contributed by atoms with Crippen molar-refractivity contribution in [1.29, 1.82) is 0 Å². The van der Waals surface area contributed by atoms with Gasteiger partial charge in [-0.25, -0.2) is 0 Å². The van der Waals surface area contributed by atoms with Gasteiger partial charge in [0.25, 0.3) is 0 Å². The van der Waals surface area contributed by atoms with Crippen molar-refractivity contribution in [1.82, 2.24) is 5.32 Å². The van der Waals surface area contributed by atoms with E-state index in [0.717, 1.165) is 42.7 Å². The van der Waals surface area contributed by atoms with Crippen LogP contribution in [0.15, 0.2) is 54.6 Å². The van der Waals surface area contributed by atoms with Gasteiger partial charge in [0.05, 0.1) is 12.0 Å². The molecule has 0 amide bonds. The first-order chi connectivity index (χ1) is 11.7. The summed E-state index contributed by atoms with van der Waals surface area (Å²) in [5, 5.41) is 3.33. The van der Waals surface area contributed by atoms with E-state index in [0.29, 0.717) is 13.0 Å². The number of esters is 1. The summed E-state index contributed by atoms with van der Waals surface area (Å²) in [5.74, 6) is -0.106. The van der Waals surface area contributed by atoms with Crippen LogP contribution in [0.5, 0.6) is 0 Å². The van der Waals surface area contributed by atoms with Gasteiger partial charge in [0.2, 0.25) is 0 Å². The number of ether oxygens (including phenoxy) is 1. The number of hydrogen-bond donors (Lipinski definition) is 2. The number of carbonyl (C=O) groups is 1. The Bertz CT molecular complexity index is 662. The van der Waals surface area contributed by atoms with Crippen molar-refractivity contribution >= 4 is 11.7 Å². The maximum Gasteiger partial charge on any atom is 0.316 e. The summed E-state index contributed by atoms with van der Waals surface area (Å²) in [6.07, 6.45) is 2.25. The van der Waals surface area contributed by atoms with E-state index in [1.165, 1.54) is 0 Å². The van der Waals surface area contributed by atoms with Crippen LogP contribution in [0.25, 0.3) is 0 Å². The molecule has 0 unspecified atom stereocenters. The van der Waals surface area contributed by atoms with Crippen molar-refractivity contribution in [2.45, 2.75) is 24.7 Å². The summed E-state index contributed by atoms with van der Waals surface area (Å²) in [6, 6.07) is 17.7. The van der Waals surface area contributed by atoms with Crippen LogP contribution in [0, 0.1) is 0 Å². The molecule has 1 saturated heterocycles. The van der Waals surface area contributed by atoms with Gasteiger partial charge in [0.1, 0.15) is 0 Å². The largest absolute Gasteiger partial charge is 0.465 e. The summed E-state index contributed by atoms with van der Waals surface area (Å²) in [5.41, 5.74) is 8.10. The van der Waals surface area contributed by atoms with Gasteiger partial charge in [-0.05, 0) is 49.2 Å². The first-order valence-electron chi connectivity index (χ1n) is 8.49. The quantitative estimate of drug-likeness (QED) is 0.655. The monoisotopic (exact) mass is 324 g/mol. The molecule has 0 aliphatic carbocycles. The van der Waals surface area contributed by atoms with Crippen molar-refractivity contribution in [2.24, 2.45) is 0 Å². The van der Waals surface area contributed by atoms with E-state index >= 15 is 0 Å². The third-order valence-corrected chi connectivity index (χ3v) is 4.78. The molecule has 0 saturated carbocycles. The number of carbonyl (C=O) groups excluding carboxylic acids is 1. The molecule has 0 spiro atoms. The molecule has 4 heteroatoms. The van der Waals surface area contributed by atoms with Crippen LogP contribution < -0.4 is 11.1 Å². The van der Waals surface area contributed by atoms with E-state index in [-0.39, 0.29) is 5.97 Å². The zero-order valence-electron chi connectivity index (χ0n) is 13.8. The number of nitrogens with two attached hydrogens (primary N) is 1. The van der Waals surface area contributed by atoms with E-state index in [1.807, 2.05) is 54.6 Å². The molecular formula is C20H24N2O2. The molecule has 3 N–H and O–H groups in total. The third kappa shape index (κ3) is 3.60. The summed E-state index contributed by atoms with van der Waals surface area (Å²) in [4.78, 5) is 12.9. The normalized spacial score (nSPS) is 16.5. The van der Waals surface area contributed by atoms with Gasteiger partial charge in [-0.1, -0.05) is 42.5 Å². The Morgan fingerprint density at radius 2 is 1.71 bits per heavy atom. The minimum absolute atomic E-state index is 0.106. The van der Waals surface area contributed by atoms with Crippen LogP contribution in [-0.2, 0) is 21.4 Å². The Morgan fingerprint density at radius 1 is 1.04 bits per heavy atom. The van der Waals surface area contributed by atoms with Crippen molar-refractivity contribution < 1.29 is 9.53 Å². The first-order valence-corrected chi connectivity index (χ1v) is 8.49. The molecule has 0 aromatic heterocycles. The molecule has 1 fully saturated rings. The molecule has 2 aromatic rings. The number of nitrogens with one attached hydrogen (secondary N) is 1. The molecule has 1 heterocycles. The second kappa shape index (κ2) is 7.49. The summed E-state index contributed by atoms with van der Waals surface area (Å²) in [7, 11) is 0. The molecule has 24 heavy (non-hydrogen) atoms. The average Bonchev–Trinajstić information content (AvgIpc) is 2.64. The Hall–Kier alpha value is -2.33. The molecule has 2 aromatic carbocycles. The summed E-state index contributed by atoms with van der Waals surface area (Å²) >= 11 is 0. The van der Waals surface area contributed by atoms with Crippen LogP contribution in [0.2, 0.25) is 0 Å². The molecular weight excluding hydrogens is 300 g/mol. The van der Waals surface area contributed by atoms with Crippen molar-refractivity contribution in [3.63, 3.8) is 0 Å². The first kappa shape index (κ1) is 16.5. The molecule has 1 aliphatic heterocycles. The van der Waals surface area contributed by atoms with Gasteiger partial charge >= 0.3 is 5.97 Å². The minimum atomic E-state index is -0.520. The number of rotatable bonds is 5. The van der Waals surface area contributed by atoms with Crippen LogP contribution in [0.4, 0.5) is 5.69 Å². The van der Waals surface area contributed by atoms with Crippen LogP contribution in [-0.4, -0.2) is 25.7 Å².